The lowest BCUT2D eigenvalue weighted by atomic mass is 10.1. The molecule has 1 aliphatic heterocycles. The van der Waals surface area contributed by atoms with Crippen molar-refractivity contribution in [3.05, 3.63) is 29.8 Å². The molecule has 1 aromatic rings. The lowest BCUT2D eigenvalue weighted by Gasteiger charge is -2.27. The van der Waals surface area contributed by atoms with E-state index < -0.39 is 6.61 Å². The number of benzene rings is 1. The Morgan fingerprint density at radius 1 is 1.33 bits per heavy atom. The molecule has 1 aromatic carbocycles. The van der Waals surface area contributed by atoms with Gasteiger partial charge in [-0.3, -0.25) is 4.79 Å². The van der Waals surface area contributed by atoms with Crippen molar-refractivity contribution in [2.24, 2.45) is 0 Å². The second kappa shape index (κ2) is 7.36. The minimum atomic E-state index is -2.94. The summed E-state index contributed by atoms with van der Waals surface area (Å²) in [6.07, 6.45) is 2.77. The second-order valence-electron chi connectivity index (χ2n) is 5.13. The number of hydrogen-bond acceptors (Lipinski definition) is 3. The van der Waals surface area contributed by atoms with E-state index in [1.54, 1.807) is 24.1 Å². The van der Waals surface area contributed by atoms with Crippen LogP contribution in [0.15, 0.2) is 24.3 Å². The molecule has 1 fully saturated rings. The Morgan fingerprint density at radius 3 is 2.86 bits per heavy atom. The number of halogens is 2. The van der Waals surface area contributed by atoms with Crippen LogP contribution in [0.25, 0.3) is 0 Å². The van der Waals surface area contributed by atoms with Crippen molar-refractivity contribution in [3.8, 4) is 5.75 Å². The molecular formula is C15H20F2N2O2. The molecule has 0 aromatic heterocycles. The van der Waals surface area contributed by atoms with E-state index in [0.717, 1.165) is 32.4 Å². The van der Waals surface area contributed by atoms with Crippen LogP contribution in [0.3, 0.4) is 0 Å². The predicted octanol–water partition coefficient (Wildman–Crippen LogP) is 2.50. The number of ether oxygens (including phenoxy) is 1. The average molecular weight is 298 g/mol. The van der Waals surface area contributed by atoms with E-state index in [1.807, 2.05) is 0 Å². The monoisotopic (exact) mass is 298 g/mol. The second-order valence-corrected chi connectivity index (χ2v) is 5.13. The summed E-state index contributed by atoms with van der Waals surface area (Å²) in [5.74, 6) is -0.353. The molecule has 1 heterocycles. The lowest BCUT2D eigenvalue weighted by Crippen LogP contribution is -2.37. The van der Waals surface area contributed by atoms with Crippen molar-refractivity contribution in [3.63, 3.8) is 0 Å². The molecule has 1 saturated heterocycles. The number of amides is 1. The van der Waals surface area contributed by atoms with Gasteiger partial charge in [-0.1, -0.05) is 12.1 Å². The van der Waals surface area contributed by atoms with Gasteiger partial charge in [-0.15, -0.1) is 0 Å². The maximum Gasteiger partial charge on any atom is 0.387 e. The van der Waals surface area contributed by atoms with Gasteiger partial charge in [0.2, 0.25) is 0 Å². The molecule has 21 heavy (non-hydrogen) atoms. The third-order valence-corrected chi connectivity index (χ3v) is 3.75. The van der Waals surface area contributed by atoms with E-state index in [0.29, 0.717) is 0 Å². The van der Waals surface area contributed by atoms with E-state index in [1.165, 1.54) is 12.1 Å². The smallest absolute Gasteiger partial charge is 0.387 e. The number of hydrogen-bond donors (Lipinski definition) is 1. The molecule has 1 atom stereocenters. The maximum absolute atomic E-state index is 12.5. The largest absolute Gasteiger partial charge is 0.434 e. The van der Waals surface area contributed by atoms with Crippen molar-refractivity contribution in [2.45, 2.75) is 31.9 Å². The molecule has 0 radical (unpaired) electrons. The summed E-state index contributed by atoms with van der Waals surface area (Å²) < 4.78 is 29.3. The molecule has 1 N–H and O–H groups in total. The van der Waals surface area contributed by atoms with Crippen LogP contribution in [0.4, 0.5) is 8.78 Å². The van der Waals surface area contributed by atoms with Gasteiger partial charge in [0.25, 0.3) is 5.91 Å². The highest BCUT2D eigenvalue weighted by Crippen LogP contribution is 2.23. The van der Waals surface area contributed by atoms with Crippen molar-refractivity contribution >= 4 is 5.91 Å². The van der Waals surface area contributed by atoms with E-state index in [4.69, 9.17) is 0 Å². The molecule has 116 valence electrons. The van der Waals surface area contributed by atoms with Crippen molar-refractivity contribution in [1.82, 2.24) is 10.2 Å². The SMILES string of the molecule is CN(C(=O)c1ccccc1OC(F)F)C1CCCNCC1. The van der Waals surface area contributed by atoms with Crippen LogP contribution in [0.2, 0.25) is 0 Å². The van der Waals surface area contributed by atoms with Crippen LogP contribution >= 0.6 is 0 Å². The quantitative estimate of drug-likeness (QED) is 0.928. The number of nitrogens with one attached hydrogen (secondary N) is 1. The molecule has 0 aliphatic carbocycles. The number of carbonyl (C=O) groups is 1. The third-order valence-electron chi connectivity index (χ3n) is 3.75. The number of nitrogens with zero attached hydrogens (tertiary/aromatic N) is 1. The van der Waals surface area contributed by atoms with Crippen LogP contribution in [0, 0.1) is 0 Å². The zero-order valence-electron chi connectivity index (χ0n) is 12.0. The molecule has 0 bridgehead atoms. The van der Waals surface area contributed by atoms with Gasteiger partial charge < -0.3 is 15.0 Å². The first kappa shape index (κ1) is 15.7. The zero-order chi connectivity index (χ0) is 15.2. The number of rotatable bonds is 4. The summed E-state index contributed by atoms with van der Waals surface area (Å²) in [6, 6.07) is 6.25. The van der Waals surface area contributed by atoms with Gasteiger partial charge in [0.1, 0.15) is 5.75 Å². The Morgan fingerprint density at radius 2 is 2.10 bits per heavy atom. The maximum atomic E-state index is 12.5. The molecule has 1 aliphatic rings. The summed E-state index contributed by atoms with van der Waals surface area (Å²) in [7, 11) is 1.72. The molecule has 4 nitrogen and oxygen atoms in total. The van der Waals surface area contributed by atoms with E-state index in [-0.39, 0.29) is 23.3 Å². The highest BCUT2D eigenvalue weighted by atomic mass is 19.3. The summed E-state index contributed by atoms with van der Waals surface area (Å²) >= 11 is 0. The Labute approximate surface area is 123 Å². The van der Waals surface area contributed by atoms with Gasteiger partial charge >= 0.3 is 6.61 Å². The van der Waals surface area contributed by atoms with Gasteiger partial charge in [-0.25, -0.2) is 0 Å². The summed E-state index contributed by atoms with van der Waals surface area (Å²) in [5, 5.41) is 3.29. The van der Waals surface area contributed by atoms with Crippen LogP contribution in [-0.2, 0) is 0 Å². The van der Waals surface area contributed by atoms with Gasteiger partial charge in [-0.05, 0) is 44.5 Å². The van der Waals surface area contributed by atoms with Crippen molar-refractivity contribution < 1.29 is 18.3 Å². The molecule has 0 spiro atoms. The Hall–Kier alpha value is -1.69. The van der Waals surface area contributed by atoms with Crippen LogP contribution < -0.4 is 10.1 Å². The van der Waals surface area contributed by atoms with Gasteiger partial charge in [-0.2, -0.15) is 8.78 Å². The highest BCUT2D eigenvalue weighted by Gasteiger charge is 2.24. The van der Waals surface area contributed by atoms with Gasteiger partial charge in [0, 0.05) is 13.1 Å². The summed E-state index contributed by atoms with van der Waals surface area (Å²) in [4.78, 5) is 14.2. The van der Waals surface area contributed by atoms with Crippen LogP contribution in [0.1, 0.15) is 29.6 Å². The molecular weight excluding hydrogens is 278 g/mol. The van der Waals surface area contributed by atoms with Crippen LogP contribution in [-0.4, -0.2) is 43.6 Å². The first-order chi connectivity index (χ1) is 10.1. The molecule has 6 heteroatoms. The Kier molecular flexibility index (Phi) is 5.50. The standard InChI is InChI=1S/C15H20F2N2O2/c1-19(11-5-4-9-18-10-8-11)14(20)12-6-2-3-7-13(12)21-15(16)17/h2-3,6-7,11,15,18H,4-5,8-10H2,1H3. The highest BCUT2D eigenvalue weighted by molar-refractivity contribution is 5.97. The zero-order valence-corrected chi connectivity index (χ0v) is 12.0. The van der Waals surface area contributed by atoms with E-state index >= 15 is 0 Å². The number of para-hydroxylation sites is 1. The number of carbonyl (C=O) groups excluding carboxylic acids is 1. The fraction of sp³-hybridized carbons (Fsp3) is 0.533. The van der Waals surface area contributed by atoms with E-state index in [9.17, 15) is 13.6 Å². The third kappa shape index (κ3) is 4.14. The topological polar surface area (TPSA) is 41.6 Å². The minimum absolute atomic E-state index is 0.0731. The van der Waals surface area contributed by atoms with Crippen molar-refractivity contribution in [2.75, 3.05) is 20.1 Å². The molecule has 1 amide bonds. The van der Waals surface area contributed by atoms with Gasteiger partial charge in [0.05, 0.1) is 5.56 Å². The first-order valence-electron chi connectivity index (χ1n) is 7.11. The fourth-order valence-electron chi connectivity index (χ4n) is 2.59. The summed E-state index contributed by atoms with van der Waals surface area (Å²) in [6.45, 7) is -1.13. The Balaban J connectivity index is 2.14. The predicted molar refractivity (Wildman–Crippen MR) is 75.7 cm³/mol. The van der Waals surface area contributed by atoms with Crippen LogP contribution in [0.5, 0.6) is 5.75 Å². The summed E-state index contributed by atoms with van der Waals surface area (Å²) in [5.41, 5.74) is 0.178. The molecule has 1 unspecified atom stereocenters. The van der Waals surface area contributed by atoms with Crippen molar-refractivity contribution in [1.29, 1.82) is 0 Å². The van der Waals surface area contributed by atoms with Gasteiger partial charge in [0.15, 0.2) is 0 Å². The minimum Gasteiger partial charge on any atom is -0.434 e. The normalized spacial score (nSPS) is 19.1. The fourth-order valence-corrected chi connectivity index (χ4v) is 2.59. The van der Waals surface area contributed by atoms with E-state index in [2.05, 4.69) is 10.1 Å². The lowest BCUT2D eigenvalue weighted by molar-refractivity contribution is -0.0503. The Bertz CT molecular complexity index is 474. The first-order valence-corrected chi connectivity index (χ1v) is 7.11. The number of alkyl halides is 2. The average Bonchev–Trinajstić information content (AvgIpc) is 2.75. The molecule has 0 saturated carbocycles. The molecule has 2 rings (SSSR count).